The Hall–Kier alpha value is -1.85. The minimum absolute atomic E-state index is 0.0419. The lowest BCUT2D eigenvalue weighted by Crippen LogP contribution is -2.10. The van der Waals surface area contributed by atoms with Crippen LogP contribution in [0.1, 0.15) is 22.8 Å². The molecule has 0 N–H and O–H groups in total. The summed E-state index contributed by atoms with van der Waals surface area (Å²) in [6.07, 6.45) is 0. The topological polar surface area (TPSA) is 26.3 Å². The second-order valence-corrected chi connectivity index (χ2v) is 6.81. The Kier molecular flexibility index (Phi) is 4.98. The Bertz CT molecular complexity index is 842. The highest BCUT2D eigenvalue weighted by molar-refractivity contribution is 7.98. The van der Waals surface area contributed by atoms with Gasteiger partial charge in [0.2, 0.25) is 0 Å². The van der Waals surface area contributed by atoms with E-state index in [0.29, 0.717) is 11.3 Å². The molecule has 0 aliphatic carbocycles. The molecule has 3 aromatic rings. The molecule has 3 rings (SSSR count). The molecular formula is C18H15FO2S2. The van der Waals surface area contributed by atoms with Gasteiger partial charge in [0.1, 0.15) is 5.82 Å². The number of rotatable bonds is 5. The second-order valence-electron chi connectivity index (χ2n) is 4.88. The number of hydrogen-bond donors (Lipinski definition) is 0. The fraction of sp³-hybridized carbons (Fsp3) is 0.167. The van der Waals surface area contributed by atoms with Gasteiger partial charge >= 0.3 is 5.97 Å². The standard InChI is InChI=1S/C18H15FO2S2/c1-2-21-18(20)16-13(6-3-7-14(16)19)11-23-15-8-4-5-12-9-10-22-17(12)15/h3-10H,2,11H2,1H3. The van der Waals surface area contributed by atoms with E-state index in [-0.39, 0.29) is 12.2 Å². The van der Waals surface area contributed by atoms with E-state index in [0.717, 1.165) is 4.90 Å². The molecule has 1 heterocycles. The van der Waals surface area contributed by atoms with Crippen LogP contribution < -0.4 is 0 Å². The summed E-state index contributed by atoms with van der Waals surface area (Å²) < 4.78 is 20.2. The summed E-state index contributed by atoms with van der Waals surface area (Å²) in [5, 5.41) is 3.26. The summed E-state index contributed by atoms with van der Waals surface area (Å²) in [6, 6.07) is 12.9. The van der Waals surface area contributed by atoms with Crippen LogP contribution in [-0.4, -0.2) is 12.6 Å². The maximum atomic E-state index is 14.0. The third-order valence-corrected chi connectivity index (χ3v) is 5.60. The molecule has 118 valence electrons. The number of esters is 1. The molecule has 2 aromatic carbocycles. The molecule has 0 saturated carbocycles. The quantitative estimate of drug-likeness (QED) is 0.450. The van der Waals surface area contributed by atoms with Gasteiger partial charge in [0.15, 0.2) is 0 Å². The van der Waals surface area contributed by atoms with Crippen molar-refractivity contribution in [1.82, 2.24) is 0 Å². The summed E-state index contributed by atoms with van der Waals surface area (Å²) in [5.41, 5.74) is 0.696. The van der Waals surface area contributed by atoms with Gasteiger partial charge in [-0.15, -0.1) is 23.1 Å². The Morgan fingerprint density at radius 1 is 1.22 bits per heavy atom. The maximum Gasteiger partial charge on any atom is 0.341 e. The highest BCUT2D eigenvalue weighted by Crippen LogP contribution is 2.34. The number of carbonyl (C=O) groups is 1. The van der Waals surface area contributed by atoms with E-state index in [1.165, 1.54) is 16.2 Å². The van der Waals surface area contributed by atoms with Crippen LogP contribution in [0.2, 0.25) is 0 Å². The van der Waals surface area contributed by atoms with E-state index in [1.54, 1.807) is 42.2 Å². The third-order valence-electron chi connectivity index (χ3n) is 3.41. The Morgan fingerprint density at radius 3 is 2.87 bits per heavy atom. The van der Waals surface area contributed by atoms with Crippen LogP contribution in [-0.2, 0) is 10.5 Å². The molecule has 0 saturated heterocycles. The highest BCUT2D eigenvalue weighted by Gasteiger charge is 2.18. The molecule has 0 aliphatic rings. The van der Waals surface area contributed by atoms with Gasteiger partial charge in [-0.25, -0.2) is 9.18 Å². The zero-order valence-corrected chi connectivity index (χ0v) is 14.2. The van der Waals surface area contributed by atoms with Crippen molar-refractivity contribution in [1.29, 1.82) is 0 Å². The molecule has 5 heteroatoms. The van der Waals surface area contributed by atoms with E-state index >= 15 is 0 Å². The fourth-order valence-corrected chi connectivity index (χ4v) is 4.46. The van der Waals surface area contributed by atoms with Gasteiger partial charge in [0.05, 0.1) is 12.2 Å². The van der Waals surface area contributed by atoms with Crippen LogP contribution in [0.3, 0.4) is 0 Å². The normalized spacial score (nSPS) is 10.9. The van der Waals surface area contributed by atoms with Gasteiger partial charge in [-0.2, -0.15) is 0 Å². The molecule has 0 amide bonds. The van der Waals surface area contributed by atoms with Crippen molar-refractivity contribution in [3.8, 4) is 0 Å². The summed E-state index contributed by atoms with van der Waals surface area (Å²) in [4.78, 5) is 13.1. The number of hydrogen-bond acceptors (Lipinski definition) is 4. The van der Waals surface area contributed by atoms with E-state index < -0.39 is 11.8 Å². The third kappa shape index (κ3) is 3.41. The first-order valence-corrected chi connectivity index (χ1v) is 9.10. The van der Waals surface area contributed by atoms with Gasteiger partial charge in [-0.05, 0) is 41.5 Å². The second kappa shape index (κ2) is 7.15. The number of carbonyl (C=O) groups excluding carboxylic acids is 1. The Balaban J connectivity index is 1.87. The van der Waals surface area contributed by atoms with E-state index in [4.69, 9.17) is 4.74 Å². The van der Waals surface area contributed by atoms with E-state index in [1.807, 2.05) is 12.1 Å². The number of ether oxygens (including phenoxy) is 1. The van der Waals surface area contributed by atoms with Crippen LogP contribution in [0.4, 0.5) is 4.39 Å². The van der Waals surface area contributed by atoms with Crippen molar-refractivity contribution in [3.63, 3.8) is 0 Å². The van der Waals surface area contributed by atoms with Gasteiger partial charge < -0.3 is 4.74 Å². The van der Waals surface area contributed by atoms with Crippen molar-refractivity contribution in [3.05, 3.63) is 64.8 Å². The lowest BCUT2D eigenvalue weighted by Gasteiger charge is -2.10. The SMILES string of the molecule is CCOC(=O)c1c(F)cccc1CSc1cccc2ccsc12. The average molecular weight is 346 g/mol. The van der Waals surface area contributed by atoms with Crippen LogP contribution >= 0.6 is 23.1 Å². The molecule has 23 heavy (non-hydrogen) atoms. The first-order valence-electron chi connectivity index (χ1n) is 7.24. The highest BCUT2D eigenvalue weighted by atomic mass is 32.2. The van der Waals surface area contributed by atoms with Crippen molar-refractivity contribution in [2.75, 3.05) is 6.61 Å². The largest absolute Gasteiger partial charge is 0.462 e. The van der Waals surface area contributed by atoms with E-state index in [2.05, 4.69) is 17.5 Å². The minimum atomic E-state index is -0.601. The van der Waals surface area contributed by atoms with Crippen LogP contribution in [0.15, 0.2) is 52.7 Å². The molecular weight excluding hydrogens is 331 g/mol. The fourth-order valence-electron chi connectivity index (χ4n) is 2.36. The number of benzene rings is 2. The van der Waals surface area contributed by atoms with Crippen LogP contribution in [0.5, 0.6) is 0 Å². The monoisotopic (exact) mass is 346 g/mol. The first-order chi connectivity index (χ1) is 11.2. The summed E-state index contributed by atoms with van der Waals surface area (Å²) in [7, 11) is 0. The molecule has 0 bridgehead atoms. The average Bonchev–Trinajstić information content (AvgIpc) is 3.02. The predicted octanol–water partition coefficient (Wildman–Crippen LogP) is 5.51. The predicted molar refractivity (Wildman–Crippen MR) is 93.7 cm³/mol. The molecule has 0 aliphatic heterocycles. The molecule has 2 nitrogen and oxygen atoms in total. The molecule has 0 unspecified atom stereocenters. The smallest absolute Gasteiger partial charge is 0.341 e. The first kappa shape index (κ1) is 16.0. The zero-order chi connectivity index (χ0) is 16.2. The number of fused-ring (bicyclic) bond motifs is 1. The van der Waals surface area contributed by atoms with Crippen molar-refractivity contribution in [2.45, 2.75) is 17.6 Å². The lowest BCUT2D eigenvalue weighted by molar-refractivity contribution is 0.0520. The van der Waals surface area contributed by atoms with Crippen LogP contribution in [0.25, 0.3) is 10.1 Å². The minimum Gasteiger partial charge on any atom is -0.462 e. The molecule has 0 atom stereocenters. The van der Waals surface area contributed by atoms with Gasteiger partial charge in [0, 0.05) is 15.3 Å². The Morgan fingerprint density at radius 2 is 2.04 bits per heavy atom. The molecule has 1 aromatic heterocycles. The zero-order valence-electron chi connectivity index (χ0n) is 12.5. The van der Waals surface area contributed by atoms with Crippen molar-refractivity contribution < 1.29 is 13.9 Å². The van der Waals surface area contributed by atoms with Crippen molar-refractivity contribution >= 4 is 39.2 Å². The molecule has 0 spiro atoms. The number of thiophene rings is 1. The van der Waals surface area contributed by atoms with Gasteiger partial charge in [-0.3, -0.25) is 0 Å². The molecule has 0 radical (unpaired) electrons. The summed E-state index contributed by atoms with van der Waals surface area (Å²) in [5.74, 6) is -0.616. The maximum absolute atomic E-state index is 14.0. The van der Waals surface area contributed by atoms with Crippen LogP contribution in [0, 0.1) is 5.82 Å². The number of thioether (sulfide) groups is 1. The van der Waals surface area contributed by atoms with Gasteiger partial charge in [-0.1, -0.05) is 24.3 Å². The van der Waals surface area contributed by atoms with Gasteiger partial charge in [0.25, 0.3) is 0 Å². The lowest BCUT2D eigenvalue weighted by atomic mass is 10.1. The summed E-state index contributed by atoms with van der Waals surface area (Å²) in [6.45, 7) is 1.94. The summed E-state index contributed by atoms with van der Waals surface area (Å²) >= 11 is 3.29. The molecule has 0 fully saturated rings. The van der Waals surface area contributed by atoms with Crippen molar-refractivity contribution in [2.24, 2.45) is 0 Å². The number of halogens is 1. The van der Waals surface area contributed by atoms with E-state index in [9.17, 15) is 9.18 Å². The Labute approximate surface area is 142 Å².